The molecule has 0 aliphatic carbocycles. The van der Waals surface area contributed by atoms with Gasteiger partial charge in [-0.2, -0.15) is 0 Å². The summed E-state index contributed by atoms with van der Waals surface area (Å²) in [4.78, 5) is 10.7. The molecule has 0 aromatic heterocycles. The van der Waals surface area contributed by atoms with Crippen LogP contribution in [0.15, 0.2) is 24.0 Å². The van der Waals surface area contributed by atoms with Crippen LogP contribution in [0, 0.1) is 0 Å². The largest absolute Gasteiger partial charge is 0.486 e. The lowest BCUT2D eigenvalue weighted by molar-refractivity contribution is -0.114. The van der Waals surface area contributed by atoms with Gasteiger partial charge < -0.3 is 4.74 Å². The molecule has 0 aromatic rings. The summed E-state index contributed by atoms with van der Waals surface area (Å²) in [7, 11) is 0. The smallest absolute Gasteiger partial charge is 0.219 e. The molecule has 0 saturated carbocycles. The lowest BCUT2D eigenvalue weighted by Gasteiger charge is -2.07. The zero-order chi connectivity index (χ0) is 6.69. The highest BCUT2D eigenvalue weighted by Crippen LogP contribution is 2.04. The van der Waals surface area contributed by atoms with Crippen LogP contribution in [0.2, 0.25) is 0 Å². The molecule has 0 bridgehead atoms. The van der Waals surface area contributed by atoms with Crippen molar-refractivity contribution in [3.8, 4) is 0 Å². The van der Waals surface area contributed by atoms with Gasteiger partial charge in [-0.05, 0) is 25.2 Å². The highest BCUT2D eigenvalue weighted by molar-refractivity contribution is 6.02. The molecular weight excluding hydrogens is 116 g/mol. The number of rotatable bonds is 0. The van der Waals surface area contributed by atoms with E-state index in [1.165, 1.54) is 6.08 Å². The van der Waals surface area contributed by atoms with Gasteiger partial charge in [0.15, 0.2) is 5.76 Å². The van der Waals surface area contributed by atoms with Crippen molar-refractivity contribution in [3.63, 3.8) is 0 Å². The van der Waals surface area contributed by atoms with Crippen LogP contribution in [0.1, 0.15) is 6.92 Å². The summed E-state index contributed by atoms with van der Waals surface area (Å²) in [5, 5.41) is 0. The molecule has 1 rings (SSSR count). The Balaban J connectivity index is 2.78. The maximum atomic E-state index is 10.7. The van der Waals surface area contributed by atoms with E-state index in [1.807, 2.05) is 0 Å². The molecule has 1 aliphatic rings. The summed E-state index contributed by atoms with van der Waals surface area (Å²) < 4.78 is 4.96. The first kappa shape index (κ1) is 6.08. The second-order valence-corrected chi connectivity index (χ2v) is 1.73. The molecule has 0 atom stereocenters. The molecule has 1 heterocycles. The highest BCUT2D eigenvalue weighted by atomic mass is 16.5. The molecule has 9 heavy (non-hydrogen) atoms. The Morgan fingerprint density at radius 2 is 2.56 bits per heavy atom. The van der Waals surface area contributed by atoms with E-state index in [4.69, 9.17) is 4.74 Å². The van der Waals surface area contributed by atoms with Crippen LogP contribution in [0.4, 0.5) is 0 Å². The standard InChI is InChI=1S/C7H8O2/c1-2-7-6(8)4-3-5-9-7/h2-4H,5H2,1H3/b7-2-. The van der Waals surface area contributed by atoms with Crippen LogP contribution in [-0.2, 0) is 9.53 Å². The van der Waals surface area contributed by atoms with Crippen molar-refractivity contribution < 1.29 is 9.53 Å². The molecule has 0 N–H and O–H groups in total. The minimum Gasteiger partial charge on any atom is -0.486 e. The highest BCUT2D eigenvalue weighted by Gasteiger charge is 2.08. The molecule has 0 radical (unpaired) electrons. The summed E-state index contributed by atoms with van der Waals surface area (Å²) >= 11 is 0. The van der Waals surface area contributed by atoms with E-state index in [9.17, 15) is 4.79 Å². The van der Waals surface area contributed by atoms with E-state index >= 15 is 0 Å². The van der Waals surface area contributed by atoms with Gasteiger partial charge >= 0.3 is 0 Å². The molecule has 0 aromatic carbocycles. The Labute approximate surface area is 53.8 Å². The maximum Gasteiger partial charge on any atom is 0.219 e. The number of allylic oxidation sites excluding steroid dienone is 2. The molecule has 0 amide bonds. The average Bonchev–Trinajstić information content (AvgIpc) is 1.89. The van der Waals surface area contributed by atoms with Crippen LogP contribution >= 0.6 is 0 Å². The van der Waals surface area contributed by atoms with Gasteiger partial charge in [-0.15, -0.1) is 0 Å². The van der Waals surface area contributed by atoms with E-state index in [1.54, 1.807) is 19.1 Å². The second-order valence-electron chi connectivity index (χ2n) is 1.73. The van der Waals surface area contributed by atoms with Crippen LogP contribution < -0.4 is 0 Å². The van der Waals surface area contributed by atoms with Gasteiger partial charge in [-0.25, -0.2) is 0 Å². The van der Waals surface area contributed by atoms with E-state index in [-0.39, 0.29) is 5.78 Å². The Kier molecular flexibility index (Phi) is 1.68. The molecule has 0 spiro atoms. The van der Waals surface area contributed by atoms with Crippen LogP contribution in [0.3, 0.4) is 0 Å². The Morgan fingerprint density at radius 3 is 3.00 bits per heavy atom. The van der Waals surface area contributed by atoms with Gasteiger partial charge in [0.1, 0.15) is 6.61 Å². The van der Waals surface area contributed by atoms with Crippen molar-refractivity contribution >= 4 is 5.78 Å². The molecule has 0 saturated heterocycles. The van der Waals surface area contributed by atoms with Crippen molar-refractivity contribution in [1.29, 1.82) is 0 Å². The third kappa shape index (κ3) is 1.19. The fraction of sp³-hybridized carbons (Fsp3) is 0.286. The molecule has 2 nitrogen and oxygen atoms in total. The molecule has 2 heteroatoms. The summed E-state index contributed by atoms with van der Waals surface area (Å²) in [5.74, 6) is 0.418. The molecule has 48 valence electrons. The third-order valence-corrected chi connectivity index (χ3v) is 1.11. The van der Waals surface area contributed by atoms with E-state index < -0.39 is 0 Å². The number of carbonyl (C=O) groups is 1. The van der Waals surface area contributed by atoms with Crippen molar-refractivity contribution in [3.05, 3.63) is 24.0 Å². The summed E-state index contributed by atoms with van der Waals surface area (Å²) in [6, 6.07) is 0. The normalized spacial score (nSPS) is 22.3. The molecule has 0 unspecified atom stereocenters. The van der Waals surface area contributed by atoms with Gasteiger partial charge in [-0.1, -0.05) is 0 Å². The fourth-order valence-corrected chi connectivity index (χ4v) is 0.672. The van der Waals surface area contributed by atoms with Crippen molar-refractivity contribution in [1.82, 2.24) is 0 Å². The first-order valence-corrected chi connectivity index (χ1v) is 2.84. The number of hydrogen-bond donors (Lipinski definition) is 0. The third-order valence-electron chi connectivity index (χ3n) is 1.11. The van der Waals surface area contributed by atoms with Crippen LogP contribution in [-0.4, -0.2) is 12.4 Å². The topological polar surface area (TPSA) is 26.3 Å². The first-order chi connectivity index (χ1) is 4.34. The van der Waals surface area contributed by atoms with Crippen LogP contribution in [0.5, 0.6) is 0 Å². The van der Waals surface area contributed by atoms with Gasteiger partial charge in [-0.3, -0.25) is 4.79 Å². The maximum absolute atomic E-state index is 10.7. The summed E-state index contributed by atoms with van der Waals surface area (Å²) in [6.07, 6.45) is 4.90. The quantitative estimate of drug-likeness (QED) is 0.451. The van der Waals surface area contributed by atoms with Crippen molar-refractivity contribution in [2.75, 3.05) is 6.61 Å². The minimum absolute atomic E-state index is 0.0382. The molecule has 1 aliphatic heterocycles. The summed E-state index contributed by atoms with van der Waals surface area (Å²) in [5.41, 5.74) is 0. The van der Waals surface area contributed by atoms with Crippen molar-refractivity contribution in [2.24, 2.45) is 0 Å². The first-order valence-electron chi connectivity index (χ1n) is 2.84. The molecular formula is C7H8O2. The Hall–Kier alpha value is -1.05. The minimum atomic E-state index is -0.0382. The van der Waals surface area contributed by atoms with E-state index in [2.05, 4.69) is 0 Å². The zero-order valence-corrected chi connectivity index (χ0v) is 5.26. The van der Waals surface area contributed by atoms with E-state index in [0.29, 0.717) is 12.4 Å². The number of ether oxygens (including phenoxy) is 1. The second kappa shape index (κ2) is 2.49. The van der Waals surface area contributed by atoms with Gasteiger partial charge in [0, 0.05) is 0 Å². The fourth-order valence-electron chi connectivity index (χ4n) is 0.672. The van der Waals surface area contributed by atoms with E-state index in [0.717, 1.165) is 0 Å². The average molecular weight is 124 g/mol. The van der Waals surface area contributed by atoms with Gasteiger partial charge in [0.05, 0.1) is 0 Å². The monoisotopic (exact) mass is 124 g/mol. The predicted molar refractivity (Wildman–Crippen MR) is 33.9 cm³/mol. The van der Waals surface area contributed by atoms with Crippen molar-refractivity contribution in [2.45, 2.75) is 6.92 Å². The lowest BCUT2D eigenvalue weighted by atomic mass is 10.2. The molecule has 0 fully saturated rings. The zero-order valence-electron chi connectivity index (χ0n) is 5.26. The van der Waals surface area contributed by atoms with Gasteiger partial charge in [0.25, 0.3) is 0 Å². The number of hydrogen-bond acceptors (Lipinski definition) is 2. The summed E-state index contributed by atoms with van der Waals surface area (Å²) in [6.45, 7) is 2.30. The lowest BCUT2D eigenvalue weighted by Crippen LogP contribution is -2.08. The predicted octanol–water partition coefficient (Wildman–Crippen LogP) is 1.05. The Bertz CT molecular complexity index is 177. The van der Waals surface area contributed by atoms with Crippen LogP contribution in [0.25, 0.3) is 0 Å². The Morgan fingerprint density at radius 1 is 1.78 bits per heavy atom. The number of carbonyl (C=O) groups excluding carboxylic acids is 1. The SMILES string of the molecule is C/C=C1\OCC=CC1=O. The van der Waals surface area contributed by atoms with Gasteiger partial charge in [0.2, 0.25) is 5.78 Å². The number of ketones is 1.